The number of hydrogen-bond donors (Lipinski definition) is 0. The van der Waals surface area contributed by atoms with Gasteiger partial charge in [0.1, 0.15) is 22.3 Å². The molecule has 11 rings (SSSR count). The van der Waals surface area contributed by atoms with Crippen LogP contribution in [-0.2, 0) is 0 Å². The molecule has 0 saturated heterocycles. The molecule has 0 radical (unpaired) electrons. The van der Waals surface area contributed by atoms with Crippen molar-refractivity contribution in [1.29, 1.82) is 0 Å². The highest BCUT2D eigenvalue weighted by Crippen LogP contribution is 2.42. The van der Waals surface area contributed by atoms with E-state index in [1.807, 2.05) is 54.6 Å². The van der Waals surface area contributed by atoms with Crippen LogP contribution < -0.4 is 0 Å². The molecule has 0 N–H and O–H groups in total. The Kier molecular flexibility index (Phi) is 6.18. The first-order valence-corrected chi connectivity index (χ1v) is 17.3. The van der Waals surface area contributed by atoms with Crippen LogP contribution in [0.2, 0.25) is 0 Å². The summed E-state index contributed by atoms with van der Waals surface area (Å²) in [6.07, 6.45) is 0. The molecule has 5 nitrogen and oxygen atoms in total. The first-order valence-electron chi connectivity index (χ1n) is 17.3. The predicted octanol–water partition coefficient (Wildman–Crippen LogP) is 12.6. The number of benzene rings is 8. The van der Waals surface area contributed by atoms with Crippen molar-refractivity contribution in [3.8, 4) is 45.3 Å². The zero-order valence-corrected chi connectivity index (χ0v) is 27.7. The minimum Gasteiger partial charge on any atom is -0.456 e. The van der Waals surface area contributed by atoms with Crippen molar-refractivity contribution in [2.45, 2.75) is 0 Å². The Labute approximate surface area is 297 Å². The van der Waals surface area contributed by atoms with E-state index in [1.54, 1.807) is 0 Å². The summed E-state index contributed by atoms with van der Waals surface area (Å²) < 4.78 is 12.7. The second-order valence-electron chi connectivity index (χ2n) is 13.2. The van der Waals surface area contributed by atoms with E-state index in [4.69, 9.17) is 23.8 Å². The summed E-state index contributed by atoms with van der Waals surface area (Å²) in [5.41, 5.74) is 8.36. The molecule has 11 aromatic rings. The summed E-state index contributed by atoms with van der Waals surface area (Å²) in [5.74, 6) is 1.80. The quantitative estimate of drug-likeness (QED) is 0.187. The van der Waals surface area contributed by atoms with Crippen LogP contribution in [0.5, 0.6) is 0 Å². The number of fused-ring (bicyclic) bond motifs is 8. The predicted molar refractivity (Wildman–Crippen MR) is 211 cm³/mol. The molecule has 0 fully saturated rings. The van der Waals surface area contributed by atoms with Gasteiger partial charge in [-0.05, 0) is 75.1 Å². The van der Waals surface area contributed by atoms with Gasteiger partial charge in [0.15, 0.2) is 17.5 Å². The Bertz CT molecular complexity index is 3190. The third-order valence-electron chi connectivity index (χ3n) is 10.1. The third-order valence-corrected chi connectivity index (χ3v) is 10.1. The molecule has 5 heteroatoms. The van der Waals surface area contributed by atoms with E-state index in [1.165, 1.54) is 5.39 Å². The highest BCUT2D eigenvalue weighted by Gasteiger charge is 2.19. The molecule has 0 aliphatic carbocycles. The number of nitrogens with zero attached hydrogens (tertiary/aromatic N) is 3. The molecule has 0 unspecified atom stereocenters. The molecule has 3 aromatic heterocycles. The van der Waals surface area contributed by atoms with Gasteiger partial charge in [-0.15, -0.1) is 0 Å². The van der Waals surface area contributed by atoms with Gasteiger partial charge in [-0.3, -0.25) is 0 Å². The monoisotopic (exact) mass is 665 g/mol. The first kappa shape index (κ1) is 28.7. The van der Waals surface area contributed by atoms with Gasteiger partial charge in [-0.1, -0.05) is 121 Å². The molecule has 8 aromatic carbocycles. The van der Waals surface area contributed by atoms with Crippen LogP contribution in [0.3, 0.4) is 0 Å². The molecule has 0 aliphatic heterocycles. The van der Waals surface area contributed by atoms with Crippen molar-refractivity contribution in [2.24, 2.45) is 0 Å². The van der Waals surface area contributed by atoms with Crippen molar-refractivity contribution >= 4 is 65.4 Å². The second kappa shape index (κ2) is 11.2. The number of aromatic nitrogens is 3. The number of rotatable bonds is 4. The Morgan fingerprint density at radius 2 is 0.904 bits per heavy atom. The molecule has 0 amide bonds. The van der Waals surface area contributed by atoms with E-state index >= 15 is 0 Å². The maximum atomic E-state index is 6.45. The lowest BCUT2D eigenvalue weighted by molar-refractivity contribution is 0.669. The summed E-state index contributed by atoms with van der Waals surface area (Å²) in [5, 5.41) is 8.87. The Morgan fingerprint density at radius 1 is 0.308 bits per heavy atom. The van der Waals surface area contributed by atoms with Crippen LogP contribution in [0.1, 0.15) is 0 Å². The van der Waals surface area contributed by atoms with Gasteiger partial charge in [0.2, 0.25) is 0 Å². The highest BCUT2D eigenvalue weighted by atomic mass is 16.3. The number of para-hydroxylation sites is 1. The second-order valence-corrected chi connectivity index (χ2v) is 13.2. The highest BCUT2D eigenvalue weighted by molar-refractivity contribution is 6.18. The van der Waals surface area contributed by atoms with Gasteiger partial charge in [0.25, 0.3) is 0 Å². The minimum absolute atomic E-state index is 0.584. The fourth-order valence-electron chi connectivity index (χ4n) is 7.67. The Hall–Kier alpha value is -7.11. The van der Waals surface area contributed by atoms with Gasteiger partial charge < -0.3 is 8.83 Å². The summed E-state index contributed by atoms with van der Waals surface area (Å²) in [6.45, 7) is 0. The van der Waals surface area contributed by atoms with Crippen LogP contribution in [0.25, 0.3) is 111 Å². The lowest BCUT2D eigenvalue weighted by Crippen LogP contribution is -2.00. The molecule has 0 aliphatic rings. The van der Waals surface area contributed by atoms with Crippen LogP contribution in [-0.4, -0.2) is 15.0 Å². The summed E-state index contributed by atoms with van der Waals surface area (Å²) in [4.78, 5) is 15.3. The van der Waals surface area contributed by atoms with Crippen molar-refractivity contribution in [2.75, 3.05) is 0 Å². The third kappa shape index (κ3) is 4.46. The molecular formula is C47H27N3O2. The first-order chi connectivity index (χ1) is 25.7. The van der Waals surface area contributed by atoms with Crippen molar-refractivity contribution in [3.63, 3.8) is 0 Å². The zero-order chi connectivity index (χ0) is 34.2. The molecule has 52 heavy (non-hydrogen) atoms. The van der Waals surface area contributed by atoms with E-state index in [0.29, 0.717) is 17.5 Å². The van der Waals surface area contributed by atoms with Gasteiger partial charge >= 0.3 is 0 Å². The molecule has 0 atom stereocenters. The lowest BCUT2D eigenvalue weighted by atomic mass is 9.92. The average molecular weight is 666 g/mol. The molecule has 0 saturated carbocycles. The molecular weight excluding hydrogens is 639 g/mol. The van der Waals surface area contributed by atoms with Gasteiger partial charge in [0, 0.05) is 38.2 Å². The Morgan fingerprint density at radius 3 is 1.75 bits per heavy atom. The number of furan rings is 2. The van der Waals surface area contributed by atoms with Crippen molar-refractivity contribution < 1.29 is 8.83 Å². The average Bonchev–Trinajstić information content (AvgIpc) is 3.77. The number of hydrogen-bond acceptors (Lipinski definition) is 5. The van der Waals surface area contributed by atoms with Crippen LogP contribution in [0.4, 0.5) is 0 Å². The minimum atomic E-state index is 0.584. The van der Waals surface area contributed by atoms with Gasteiger partial charge in [-0.25, -0.2) is 15.0 Å². The fraction of sp³-hybridized carbons (Fsp3) is 0. The van der Waals surface area contributed by atoms with Crippen LogP contribution in [0, 0.1) is 0 Å². The van der Waals surface area contributed by atoms with Crippen molar-refractivity contribution in [3.05, 3.63) is 164 Å². The summed E-state index contributed by atoms with van der Waals surface area (Å²) in [7, 11) is 0. The maximum Gasteiger partial charge on any atom is 0.164 e. The molecule has 0 bridgehead atoms. The SMILES string of the molecule is c1ccc(-c2nc(-c3ccc4c(c3)oc3ccccc34)nc(-c3ccc(-c4cccc5oc6cc7ccccc7cc6c45)c4ccccc34)n2)cc1. The van der Waals surface area contributed by atoms with E-state index in [2.05, 4.69) is 109 Å². The van der Waals surface area contributed by atoms with Crippen LogP contribution >= 0.6 is 0 Å². The molecule has 3 heterocycles. The molecule has 242 valence electrons. The van der Waals surface area contributed by atoms with Crippen molar-refractivity contribution in [1.82, 2.24) is 15.0 Å². The summed E-state index contributed by atoms with van der Waals surface area (Å²) >= 11 is 0. The van der Waals surface area contributed by atoms with Crippen LogP contribution in [0.15, 0.2) is 173 Å². The van der Waals surface area contributed by atoms with E-state index in [9.17, 15) is 0 Å². The standard InChI is InChI=1S/C47H27N3O2/c1-2-11-28(12-3-1)45-48-46(31-21-22-36-35-17-8-9-19-40(35)51-42(36)27-31)50-47(49-45)38-24-23-34(32-15-6-7-16-33(32)38)37-18-10-20-41-44(37)39-25-29-13-4-5-14-30(29)26-43(39)52-41/h1-27H. The zero-order valence-electron chi connectivity index (χ0n) is 27.7. The van der Waals surface area contributed by atoms with E-state index < -0.39 is 0 Å². The molecule has 0 spiro atoms. The topological polar surface area (TPSA) is 65.0 Å². The van der Waals surface area contributed by atoms with E-state index in [0.717, 1.165) is 87.9 Å². The largest absolute Gasteiger partial charge is 0.456 e. The fourth-order valence-corrected chi connectivity index (χ4v) is 7.67. The van der Waals surface area contributed by atoms with Gasteiger partial charge in [0.05, 0.1) is 0 Å². The maximum absolute atomic E-state index is 6.45. The smallest absolute Gasteiger partial charge is 0.164 e. The van der Waals surface area contributed by atoms with E-state index in [-0.39, 0.29) is 0 Å². The normalized spacial score (nSPS) is 11.8. The summed E-state index contributed by atoms with van der Waals surface area (Å²) in [6, 6.07) is 56.3. The Balaban J connectivity index is 1.12. The lowest BCUT2D eigenvalue weighted by Gasteiger charge is -2.14. The van der Waals surface area contributed by atoms with Gasteiger partial charge in [-0.2, -0.15) is 0 Å².